The first-order valence-corrected chi connectivity index (χ1v) is 5.86. The SMILES string of the molecule is CSC1(C2CC(=O)C=C(O)C2)CC1. The summed E-state index contributed by atoms with van der Waals surface area (Å²) in [6, 6.07) is 0. The molecule has 72 valence electrons. The second kappa shape index (κ2) is 3.05. The molecule has 1 unspecified atom stereocenters. The first-order chi connectivity index (χ1) is 6.16. The maximum absolute atomic E-state index is 11.2. The Bertz CT molecular complexity index is 266. The lowest BCUT2D eigenvalue weighted by Crippen LogP contribution is -2.25. The smallest absolute Gasteiger partial charge is 0.159 e. The van der Waals surface area contributed by atoms with Crippen molar-refractivity contribution in [2.24, 2.45) is 5.92 Å². The van der Waals surface area contributed by atoms with Gasteiger partial charge in [-0.3, -0.25) is 4.79 Å². The van der Waals surface area contributed by atoms with Crippen molar-refractivity contribution >= 4 is 17.5 Å². The lowest BCUT2D eigenvalue weighted by Gasteiger charge is -2.26. The molecule has 0 spiro atoms. The molecule has 0 saturated heterocycles. The number of carbonyl (C=O) groups excluding carboxylic acids is 1. The van der Waals surface area contributed by atoms with Crippen molar-refractivity contribution in [2.75, 3.05) is 6.26 Å². The number of ketones is 1. The van der Waals surface area contributed by atoms with E-state index in [1.54, 1.807) is 0 Å². The molecule has 2 aliphatic rings. The van der Waals surface area contributed by atoms with Crippen molar-refractivity contribution in [3.8, 4) is 0 Å². The minimum atomic E-state index is 0.0917. The van der Waals surface area contributed by atoms with Gasteiger partial charge in [-0.25, -0.2) is 0 Å². The average Bonchev–Trinajstić information content (AvgIpc) is 2.82. The highest BCUT2D eigenvalue weighted by molar-refractivity contribution is 8.00. The standard InChI is InChI=1S/C10H14O2S/c1-13-10(2-3-10)7-4-8(11)6-9(12)5-7/h6-7,11H,2-5H2,1H3. The number of aliphatic hydroxyl groups excluding tert-OH is 1. The van der Waals surface area contributed by atoms with Crippen LogP contribution in [-0.4, -0.2) is 21.9 Å². The highest BCUT2D eigenvalue weighted by Crippen LogP contribution is 2.56. The van der Waals surface area contributed by atoms with Crippen molar-refractivity contribution < 1.29 is 9.90 Å². The fraction of sp³-hybridized carbons (Fsp3) is 0.700. The fourth-order valence-electron chi connectivity index (χ4n) is 2.15. The normalized spacial score (nSPS) is 31.3. The Kier molecular flexibility index (Phi) is 2.14. The molecule has 0 bridgehead atoms. The van der Waals surface area contributed by atoms with Gasteiger partial charge in [0, 0.05) is 23.7 Å². The molecule has 0 aromatic heterocycles. The third-order valence-electron chi connectivity index (χ3n) is 3.12. The van der Waals surface area contributed by atoms with Gasteiger partial charge in [0.15, 0.2) is 5.78 Å². The number of allylic oxidation sites excluding steroid dienone is 2. The maximum atomic E-state index is 11.2. The first-order valence-electron chi connectivity index (χ1n) is 4.64. The van der Waals surface area contributed by atoms with Crippen LogP contribution >= 0.6 is 11.8 Å². The lowest BCUT2D eigenvalue weighted by atomic mass is 9.88. The third kappa shape index (κ3) is 1.62. The summed E-state index contributed by atoms with van der Waals surface area (Å²) in [6.07, 6.45) is 7.23. The summed E-state index contributed by atoms with van der Waals surface area (Å²) >= 11 is 1.86. The van der Waals surface area contributed by atoms with E-state index >= 15 is 0 Å². The molecule has 0 amide bonds. The van der Waals surface area contributed by atoms with E-state index in [1.807, 2.05) is 11.8 Å². The van der Waals surface area contributed by atoms with Crippen LogP contribution in [0.25, 0.3) is 0 Å². The number of aliphatic hydroxyl groups is 1. The lowest BCUT2D eigenvalue weighted by molar-refractivity contribution is -0.116. The molecule has 1 atom stereocenters. The van der Waals surface area contributed by atoms with Gasteiger partial charge in [-0.1, -0.05) is 0 Å². The molecule has 0 aliphatic heterocycles. The Hall–Kier alpha value is -0.440. The predicted molar refractivity (Wildman–Crippen MR) is 53.9 cm³/mol. The van der Waals surface area contributed by atoms with E-state index in [0.29, 0.717) is 23.5 Å². The Morgan fingerprint density at radius 2 is 2.23 bits per heavy atom. The first kappa shape index (κ1) is 9.13. The van der Waals surface area contributed by atoms with E-state index in [9.17, 15) is 9.90 Å². The van der Waals surface area contributed by atoms with Crippen molar-refractivity contribution in [2.45, 2.75) is 30.4 Å². The summed E-state index contributed by atoms with van der Waals surface area (Å²) in [5.41, 5.74) is 0. The topological polar surface area (TPSA) is 37.3 Å². The van der Waals surface area contributed by atoms with Crippen molar-refractivity contribution in [1.82, 2.24) is 0 Å². The second-order valence-electron chi connectivity index (χ2n) is 3.98. The van der Waals surface area contributed by atoms with Crippen LogP contribution in [0.15, 0.2) is 11.8 Å². The van der Waals surface area contributed by atoms with E-state index in [2.05, 4.69) is 6.26 Å². The Labute approximate surface area is 82.4 Å². The van der Waals surface area contributed by atoms with Gasteiger partial charge in [0.2, 0.25) is 0 Å². The van der Waals surface area contributed by atoms with Crippen LogP contribution in [0.3, 0.4) is 0 Å². The number of hydrogen-bond donors (Lipinski definition) is 1. The molecule has 1 saturated carbocycles. The molecule has 0 heterocycles. The van der Waals surface area contributed by atoms with Gasteiger partial charge in [-0.2, -0.15) is 11.8 Å². The Morgan fingerprint density at radius 3 is 2.69 bits per heavy atom. The van der Waals surface area contributed by atoms with Gasteiger partial charge in [0.25, 0.3) is 0 Å². The summed E-state index contributed by atoms with van der Waals surface area (Å²) in [5.74, 6) is 0.746. The quantitative estimate of drug-likeness (QED) is 0.739. The van der Waals surface area contributed by atoms with Crippen LogP contribution in [0.4, 0.5) is 0 Å². The summed E-state index contributed by atoms with van der Waals surface area (Å²) in [6.45, 7) is 0. The molecule has 1 fully saturated rings. The number of carbonyl (C=O) groups is 1. The fourth-order valence-corrected chi connectivity index (χ4v) is 3.16. The van der Waals surface area contributed by atoms with E-state index in [0.717, 1.165) is 0 Å². The van der Waals surface area contributed by atoms with Crippen molar-refractivity contribution in [3.63, 3.8) is 0 Å². The number of thioether (sulfide) groups is 1. The molecule has 2 nitrogen and oxygen atoms in total. The Morgan fingerprint density at radius 1 is 1.54 bits per heavy atom. The second-order valence-corrected chi connectivity index (χ2v) is 5.20. The highest BCUT2D eigenvalue weighted by Gasteiger charge is 2.49. The minimum absolute atomic E-state index is 0.0917. The molecule has 0 radical (unpaired) electrons. The summed E-state index contributed by atoms with van der Waals surface area (Å²) in [4.78, 5) is 11.2. The maximum Gasteiger partial charge on any atom is 0.159 e. The largest absolute Gasteiger partial charge is 0.512 e. The van der Waals surface area contributed by atoms with E-state index in [1.165, 1.54) is 18.9 Å². The van der Waals surface area contributed by atoms with Crippen molar-refractivity contribution in [1.29, 1.82) is 0 Å². The molecular weight excluding hydrogens is 184 g/mol. The predicted octanol–water partition coefficient (Wildman–Crippen LogP) is 2.30. The number of rotatable bonds is 2. The summed E-state index contributed by atoms with van der Waals surface area (Å²) < 4.78 is 0.317. The molecule has 0 aromatic carbocycles. The van der Waals surface area contributed by atoms with Crippen molar-refractivity contribution in [3.05, 3.63) is 11.8 Å². The van der Waals surface area contributed by atoms with Crippen LogP contribution in [0.2, 0.25) is 0 Å². The third-order valence-corrected chi connectivity index (χ3v) is 4.68. The molecule has 2 aliphatic carbocycles. The van der Waals surface area contributed by atoms with Gasteiger partial charge in [0.05, 0.1) is 5.76 Å². The highest BCUT2D eigenvalue weighted by atomic mass is 32.2. The van der Waals surface area contributed by atoms with Crippen LogP contribution in [0.5, 0.6) is 0 Å². The zero-order valence-corrected chi connectivity index (χ0v) is 8.56. The number of hydrogen-bond acceptors (Lipinski definition) is 3. The van der Waals surface area contributed by atoms with E-state index in [4.69, 9.17) is 0 Å². The van der Waals surface area contributed by atoms with Gasteiger partial charge >= 0.3 is 0 Å². The van der Waals surface area contributed by atoms with Crippen LogP contribution in [0.1, 0.15) is 25.7 Å². The van der Waals surface area contributed by atoms with Gasteiger partial charge in [0.1, 0.15) is 0 Å². The van der Waals surface area contributed by atoms with E-state index in [-0.39, 0.29) is 11.5 Å². The monoisotopic (exact) mass is 198 g/mol. The Balaban J connectivity index is 2.11. The van der Waals surface area contributed by atoms with E-state index < -0.39 is 0 Å². The van der Waals surface area contributed by atoms with Gasteiger partial charge < -0.3 is 5.11 Å². The average molecular weight is 198 g/mol. The van der Waals surface area contributed by atoms with Gasteiger partial charge in [-0.05, 0) is 25.0 Å². The summed E-state index contributed by atoms with van der Waals surface area (Å²) in [7, 11) is 0. The molecule has 3 heteroatoms. The van der Waals surface area contributed by atoms with Crippen LogP contribution in [0, 0.1) is 5.92 Å². The molecule has 1 N–H and O–H groups in total. The van der Waals surface area contributed by atoms with Crippen LogP contribution < -0.4 is 0 Å². The molecular formula is C10H14O2S. The zero-order chi connectivity index (χ0) is 9.47. The summed E-state index contributed by atoms with van der Waals surface area (Å²) in [5, 5.41) is 9.37. The van der Waals surface area contributed by atoms with Crippen LogP contribution in [-0.2, 0) is 4.79 Å². The minimum Gasteiger partial charge on any atom is -0.512 e. The van der Waals surface area contributed by atoms with Gasteiger partial charge in [-0.15, -0.1) is 0 Å². The molecule has 2 rings (SSSR count). The zero-order valence-electron chi connectivity index (χ0n) is 7.75. The molecule has 0 aromatic rings. The molecule has 13 heavy (non-hydrogen) atoms.